The molecule has 3 nitrogen and oxygen atoms in total. The number of hydrogen-bond acceptors (Lipinski definition) is 3. The summed E-state index contributed by atoms with van der Waals surface area (Å²) in [4.78, 5) is 6.77. The summed E-state index contributed by atoms with van der Waals surface area (Å²) in [5.41, 5.74) is 9.11. The maximum absolute atomic E-state index is 5.86. The van der Waals surface area contributed by atoms with Gasteiger partial charge in [-0.1, -0.05) is 31.5 Å². The van der Waals surface area contributed by atoms with E-state index in [9.17, 15) is 0 Å². The highest BCUT2D eigenvalue weighted by atomic mass is 15.1. The summed E-state index contributed by atoms with van der Waals surface area (Å²) < 4.78 is 0. The Morgan fingerprint density at radius 3 is 2.40 bits per heavy atom. The van der Waals surface area contributed by atoms with E-state index in [1.807, 2.05) is 25.3 Å². The van der Waals surface area contributed by atoms with Crippen molar-refractivity contribution in [3.05, 3.63) is 54.4 Å². The molecule has 0 fully saturated rings. The van der Waals surface area contributed by atoms with Gasteiger partial charge in [-0.15, -0.1) is 0 Å². The number of hydrogen-bond donors (Lipinski definition) is 1. The highest BCUT2D eigenvalue weighted by Gasteiger charge is 2.09. The average Bonchev–Trinajstić information content (AvgIpc) is 2.49. The summed E-state index contributed by atoms with van der Waals surface area (Å²) in [6.45, 7) is 5.16. The minimum absolute atomic E-state index is 0.0233. The van der Waals surface area contributed by atoms with Crippen molar-refractivity contribution in [3.8, 4) is 0 Å². The van der Waals surface area contributed by atoms with Crippen LogP contribution < -0.4 is 10.6 Å². The van der Waals surface area contributed by atoms with Gasteiger partial charge < -0.3 is 10.6 Å². The molecule has 20 heavy (non-hydrogen) atoms. The van der Waals surface area contributed by atoms with E-state index in [0.29, 0.717) is 0 Å². The number of rotatable bonds is 6. The second kappa shape index (κ2) is 7.06. The summed E-state index contributed by atoms with van der Waals surface area (Å²) in [7, 11) is 0. The predicted octanol–water partition coefficient (Wildman–Crippen LogP) is 4.04. The molecule has 2 aromatic rings. The first-order valence-electron chi connectivity index (χ1n) is 7.26. The maximum atomic E-state index is 5.86. The first kappa shape index (κ1) is 14.5. The molecule has 1 aromatic heterocycles. The van der Waals surface area contributed by atoms with Crippen LogP contribution in [-0.4, -0.2) is 11.5 Å². The first-order valence-corrected chi connectivity index (χ1v) is 7.26. The van der Waals surface area contributed by atoms with Crippen LogP contribution in [0.4, 0.5) is 11.4 Å². The van der Waals surface area contributed by atoms with E-state index in [4.69, 9.17) is 5.73 Å². The van der Waals surface area contributed by atoms with E-state index in [-0.39, 0.29) is 6.04 Å². The molecule has 1 heterocycles. The van der Waals surface area contributed by atoms with E-state index >= 15 is 0 Å². The van der Waals surface area contributed by atoms with Crippen LogP contribution in [0.1, 0.15) is 38.4 Å². The maximum Gasteiger partial charge on any atom is 0.0597 e. The molecule has 0 saturated heterocycles. The lowest BCUT2D eigenvalue weighted by Crippen LogP contribution is -2.19. The molecule has 0 saturated carbocycles. The number of unbranched alkanes of at least 4 members (excludes halogenated alkanes) is 1. The highest BCUT2D eigenvalue weighted by Crippen LogP contribution is 2.25. The van der Waals surface area contributed by atoms with E-state index in [1.54, 1.807) is 0 Å². The van der Waals surface area contributed by atoms with Crippen LogP contribution in [0.3, 0.4) is 0 Å². The Labute approximate surface area is 121 Å². The van der Waals surface area contributed by atoms with E-state index in [2.05, 4.69) is 47.1 Å². The van der Waals surface area contributed by atoms with Crippen molar-refractivity contribution >= 4 is 11.4 Å². The lowest BCUT2D eigenvalue weighted by molar-refractivity contribution is 0.770. The van der Waals surface area contributed by atoms with Gasteiger partial charge in [0.15, 0.2) is 0 Å². The third kappa shape index (κ3) is 3.58. The SMILES string of the molecule is CCCCN(c1ccccc1)c1ccc([C@@H](C)N)nc1. The number of pyridine rings is 1. The third-order valence-corrected chi connectivity index (χ3v) is 3.35. The Hall–Kier alpha value is -1.87. The molecule has 1 aromatic carbocycles. The first-order chi connectivity index (χ1) is 9.72. The Morgan fingerprint density at radius 1 is 1.10 bits per heavy atom. The van der Waals surface area contributed by atoms with Gasteiger partial charge in [-0.25, -0.2) is 0 Å². The fourth-order valence-corrected chi connectivity index (χ4v) is 2.16. The van der Waals surface area contributed by atoms with Crippen molar-refractivity contribution in [2.24, 2.45) is 5.73 Å². The second-order valence-corrected chi connectivity index (χ2v) is 5.07. The van der Waals surface area contributed by atoms with Crippen molar-refractivity contribution in [2.45, 2.75) is 32.7 Å². The third-order valence-electron chi connectivity index (χ3n) is 3.35. The molecule has 0 spiro atoms. The summed E-state index contributed by atoms with van der Waals surface area (Å²) in [5.74, 6) is 0. The molecule has 0 unspecified atom stereocenters. The summed E-state index contributed by atoms with van der Waals surface area (Å²) in [6.07, 6.45) is 4.25. The molecule has 1 atom stereocenters. The van der Waals surface area contributed by atoms with Crippen LogP contribution in [-0.2, 0) is 0 Å². The highest BCUT2D eigenvalue weighted by molar-refractivity contribution is 5.62. The number of nitrogens with two attached hydrogens (primary N) is 1. The molecular formula is C17H23N3. The largest absolute Gasteiger partial charge is 0.340 e. The van der Waals surface area contributed by atoms with Crippen LogP contribution in [0.2, 0.25) is 0 Å². The minimum Gasteiger partial charge on any atom is -0.340 e. The molecule has 0 radical (unpaired) electrons. The van der Waals surface area contributed by atoms with Crippen molar-refractivity contribution in [2.75, 3.05) is 11.4 Å². The summed E-state index contributed by atoms with van der Waals surface area (Å²) in [6, 6.07) is 14.5. The van der Waals surface area contributed by atoms with Gasteiger partial charge in [0, 0.05) is 18.3 Å². The number of anilines is 2. The number of para-hydroxylation sites is 1. The lowest BCUT2D eigenvalue weighted by atomic mass is 10.2. The van der Waals surface area contributed by atoms with Crippen molar-refractivity contribution in [3.63, 3.8) is 0 Å². The molecule has 106 valence electrons. The summed E-state index contributed by atoms with van der Waals surface area (Å²) >= 11 is 0. The molecule has 0 aliphatic heterocycles. The topological polar surface area (TPSA) is 42.1 Å². The standard InChI is InChI=1S/C17H23N3/c1-3-4-12-20(15-8-6-5-7-9-15)16-10-11-17(14(2)18)19-13-16/h5-11,13-14H,3-4,12,18H2,1-2H3/t14-/m1/s1. The smallest absolute Gasteiger partial charge is 0.0597 e. The molecule has 0 aliphatic rings. The quantitative estimate of drug-likeness (QED) is 0.860. The molecule has 3 heteroatoms. The van der Waals surface area contributed by atoms with Gasteiger partial charge in [0.2, 0.25) is 0 Å². The molecule has 2 rings (SSSR count). The van der Waals surface area contributed by atoms with Gasteiger partial charge in [0.1, 0.15) is 0 Å². The van der Waals surface area contributed by atoms with Crippen LogP contribution in [0, 0.1) is 0 Å². The van der Waals surface area contributed by atoms with Crippen molar-refractivity contribution in [1.82, 2.24) is 4.98 Å². The minimum atomic E-state index is -0.0233. The van der Waals surface area contributed by atoms with Crippen LogP contribution in [0.15, 0.2) is 48.7 Å². The zero-order valence-electron chi connectivity index (χ0n) is 12.3. The Kier molecular flexibility index (Phi) is 5.13. The fraction of sp³-hybridized carbons (Fsp3) is 0.353. The number of benzene rings is 1. The fourth-order valence-electron chi connectivity index (χ4n) is 2.16. The predicted molar refractivity (Wildman–Crippen MR) is 85.2 cm³/mol. The average molecular weight is 269 g/mol. The molecule has 0 aliphatic carbocycles. The van der Waals surface area contributed by atoms with E-state index in [1.165, 1.54) is 12.1 Å². The Bertz CT molecular complexity index is 506. The lowest BCUT2D eigenvalue weighted by Gasteiger charge is -2.25. The zero-order valence-corrected chi connectivity index (χ0v) is 12.3. The van der Waals surface area contributed by atoms with Gasteiger partial charge in [0.05, 0.1) is 17.6 Å². The molecule has 2 N–H and O–H groups in total. The van der Waals surface area contributed by atoms with Gasteiger partial charge in [-0.05, 0) is 37.6 Å². The zero-order chi connectivity index (χ0) is 14.4. The number of nitrogens with zero attached hydrogens (tertiary/aromatic N) is 2. The van der Waals surface area contributed by atoms with E-state index in [0.717, 1.165) is 24.3 Å². The van der Waals surface area contributed by atoms with Gasteiger partial charge in [-0.2, -0.15) is 0 Å². The van der Waals surface area contributed by atoms with Crippen LogP contribution in [0.25, 0.3) is 0 Å². The normalized spacial score (nSPS) is 12.2. The Balaban J connectivity index is 2.26. The van der Waals surface area contributed by atoms with Gasteiger partial charge in [0.25, 0.3) is 0 Å². The monoisotopic (exact) mass is 269 g/mol. The molecular weight excluding hydrogens is 246 g/mol. The number of aromatic nitrogens is 1. The van der Waals surface area contributed by atoms with E-state index < -0.39 is 0 Å². The molecule has 0 bridgehead atoms. The summed E-state index contributed by atoms with van der Waals surface area (Å²) in [5, 5.41) is 0. The van der Waals surface area contributed by atoms with Gasteiger partial charge in [-0.3, -0.25) is 4.98 Å². The second-order valence-electron chi connectivity index (χ2n) is 5.07. The van der Waals surface area contributed by atoms with Gasteiger partial charge >= 0.3 is 0 Å². The van der Waals surface area contributed by atoms with Crippen LogP contribution in [0.5, 0.6) is 0 Å². The van der Waals surface area contributed by atoms with Crippen LogP contribution >= 0.6 is 0 Å². The van der Waals surface area contributed by atoms with Crippen molar-refractivity contribution < 1.29 is 0 Å². The molecule has 0 amide bonds. The van der Waals surface area contributed by atoms with Crippen molar-refractivity contribution in [1.29, 1.82) is 0 Å². The Morgan fingerprint density at radius 2 is 1.85 bits per heavy atom.